The van der Waals surface area contributed by atoms with E-state index in [4.69, 9.17) is 5.11 Å². The number of carbonyl (C=O) groups is 1. The lowest BCUT2D eigenvalue weighted by atomic mass is 9.96. The van der Waals surface area contributed by atoms with Crippen LogP contribution in [0.3, 0.4) is 0 Å². The van der Waals surface area contributed by atoms with Gasteiger partial charge in [0, 0.05) is 6.54 Å². The van der Waals surface area contributed by atoms with E-state index in [0.29, 0.717) is 0 Å². The van der Waals surface area contributed by atoms with Crippen molar-refractivity contribution in [1.82, 2.24) is 5.32 Å². The monoisotopic (exact) mass is 191 g/mol. The van der Waals surface area contributed by atoms with Gasteiger partial charge < -0.3 is 20.1 Å². The number of rotatable bonds is 1. The van der Waals surface area contributed by atoms with E-state index in [2.05, 4.69) is 10.1 Å². The Morgan fingerprint density at radius 1 is 1.38 bits per heavy atom. The minimum atomic E-state index is -1.34. The Kier molecular flexibility index (Phi) is 3.21. The Morgan fingerprint density at radius 2 is 2.00 bits per heavy atom. The molecular formula is C7H13NO5. The third kappa shape index (κ3) is 1.97. The fraction of sp³-hybridized carbons (Fsp3) is 0.857. The molecule has 1 fully saturated rings. The van der Waals surface area contributed by atoms with Crippen molar-refractivity contribution in [3.05, 3.63) is 0 Å². The zero-order valence-electron chi connectivity index (χ0n) is 7.17. The highest BCUT2D eigenvalue weighted by molar-refractivity contribution is 5.76. The van der Waals surface area contributed by atoms with Gasteiger partial charge in [0.05, 0.1) is 13.2 Å². The van der Waals surface area contributed by atoms with E-state index in [9.17, 15) is 15.0 Å². The Labute approximate surface area is 75.1 Å². The maximum absolute atomic E-state index is 11.0. The molecule has 0 bridgehead atoms. The van der Waals surface area contributed by atoms with Crippen molar-refractivity contribution in [1.29, 1.82) is 0 Å². The quantitative estimate of drug-likeness (QED) is 0.334. The molecule has 4 N–H and O–H groups in total. The second-order valence-corrected chi connectivity index (χ2v) is 2.96. The van der Waals surface area contributed by atoms with Crippen LogP contribution in [0.1, 0.15) is 0 Å². The number of esters is 1. The number of nitrogens with one attached hydrogen (secondary N) is 1. The number of hydrogen-bond donors (Lipinski definition) is 4. The molecule has 0 spiro atoms. The maximum Gasteiger partial charge on any atom is 0.325 e. The van der Waals surface area contributed by atoms with Crippen LogP contribution in [0.4, 0.5) is 0 Å². The molecule has 1 aliphatic heterocycles. The summed E-state index contributed by atoms with van der Waals surface area (Å²) in [4.78, 5) is 11.0. The molecule has 76 valence electrons. The summed E-state index contributed by atoms with van der Waals surface area (Å²) in [5.74, 6) is -0.654. The van der Waals surface area contributed by atoms with E-state index in [0.717, 1.165) is 0 Å². The lowest BCUT2D eigenvalue weighted by Gasteiger charge is -2.34. The Morgan fingerprint density at radius 3 is 2.54 bits per heavy atom. The van der Waals surface area contributed by atoms with E-state index >= 15 is 0 Å². The first-order chi connectivity index (χ1) is 6.07. The van der Waals surface area contributed by atoms with Crippen LogP contribution in [0.15, 0.2) is 0 Å². The molecule has 4 atom stereocenters. The van der Waals surface area contributed by atoms with Crippen LogP contribution >= 0.6 is 0 Å². The summed E-state index contributed by atoms with van der Waals surface area (Å²) in [5.41, 5.74) is 0. The summed E-state index contributed by atoms with van der Waals surface area (Å²) in [5, 5.41) is 30.2. The van der Waals surface area contributed by atoms with Crippen LogP contribution < -0.4 is 5.32 Å². The van der Waals surface area contributed by atoms with Gasteiger partial charge >= 0.3 is 5.97 Å². The summed E-state index contributed by atoms with van der Waals surface area (Å²) >= 11 is 0. The summed E-state index contributed by atoms with van der Waals surface area (Å²) in [7, 11) is 1.19. The van der Waals surface area contributed by atoms with E-state index in [-0.39, 0.29) is 6.54 Å². The molecule has 1 aliphatic rings. The van der Waals surface area contributed by atoms with Gasteiger partial charge in [-0.1, -0.05) is 0 Å². The standard InChI is InChI=1S/C7H13NO5/c1-13-7(12)4-6(11)5(10)3(9)2-8-4/h3-6,8-11H,2H2,1H3/t3?,4?,5?,6-/m1/s1. The molecule has 6 heteroatoms. The molecule has 6 nitrogen and oxygen atoms in total. The molecule has 0 aromatic carbocycles. The first-order valence-electron chi connectivity index (χ1n) is 3.93. The van der Waals surface area contributed by atoms with Crippen LogP contribution in [0.5, 0.6) is 0 Å². The summed E-state index contributed by atoms with van der Waals surface area (Å²) in [6, 6.07) is -0.969. The number of methoxy groups -OCH3 is 1. The highest BCUT2D eigenvalue weighted by Crippen LogP contribution is 2.11. The lowest BCUT2D eigenvalue weighted by molar-refractivity contribution is -0.156. The lowest BCUT2D eigenvalue weighted by Crippen LogP contribution is -2.62. The van der Waals surface area contributed by atoms with Crippen LogP contribution in [0.2, 0.25) is 0 Å². The van der Waals surface area contributed by atoms with Crippen molar-refractivity contribution in [2.24, 2.45) is 0 Å². The van der Waals surface area contributed by atoms with Gasteiger partial charge in [0.15, 0.2) is 0 Å². The molecule has 0 amide bonds. The zero-order chi connectivity index (χ0) is 10.0. The van der Waals surface area contributed by atoms with Gasteiger partial charge in [-0.25, -0.2) is 0 Å². The van der Waals surface area contributed by atoms with Crippen LogP contribution in [-0.4, -0.2) is 59.3 Å². The number of piperidine rings is 1. The Hall–Kier alpha value is -0.690. The smallest absolute Gasteiger partial charge is 0.325 e. The second-order valence-electron chi connectivity index (χ2n) is 2.96. The largest absolute Gasteiger partial charge is 0.468 e. The molecule has 1 rings (SSSR count). The van der Waals surface area contributed by atoms with Crippen molar-refractivity contribution in [2.75, 3.05) is 13.7 Å². The number of ether oxygens (including phenoxy) is 1. The van der Waals surface area contributed by atoms with Gasteiger partial charge in [-0.2, -0.15) is 0 Å². The van der Waals surface area contributed by atoms with Gasteiger partial charge in [-0.05, 0) is 0 Å². The summed E-state index contributed by atoms with van der Waals surface area (Å²) in [6.45, 7) is 0.0536. The third-order valence-electron chi connectivity index (χ3n) is 2.09. The number of β-amino-alcohol motifs (C(OH)–C–C–N with tert-alkyl or cyclic N) is 1. The molecule has 0 aliphatic carbocycles. The molecule has 0 aromatic rings. The number of aliphatic hydroxyl groups excluding tert-OH is 3. The minimum absolute atomic E-state index is 0.0536. The number of carbonyl (C=O) groups excluding carboxylic acids is 1. The van der Waals surface area contributed by atoms with E-state index in [1.165, 1.54) is 7.11 Å². The molecule has 13 heavy (non-hydrogen) atoms. The topological polar surface area (TPSA) is 99.0 Å². The van der Waals surface area contributed by atoms with Crippen molar-refractivity contribution >= 4 is 5.97 Å². The maximum atomic E-state index is 11.0. The molecule has 1 heterocycles. The van der Waals surface area contributed by atoms with Gasteiger partial charge in [0.1, 0.15) is 18.2 Å². The number of aliphatic hydroxyl groups is 3. The van der Waals surface area contributed by atoms with Crippen LogP contribution in [-0.2, 0) is 9.53 Å². The van der Waals surface area contributed by atoms with Gasteiger partial charge in [-0.3, -0.25) is 10.1 Å². The minimum Gasteiger partial charge on any atom is -0.468 e. The van der Waals surface area contributed by atoms with Crippen LogP contribution in [0, 0.1) is 0 Å². The molecule has 0 radical (unpaired) electrons. The zero-order valence-corrected chi connectivity index (χ0v) is 7.17. The Bertz CT molecular complexity index is 197. The van der Waals surface area contributed by atoms with Crippen molar-refractivity contribution in [2.45, 2.75) is 24.4 Å². The van der Waals surface area contributed by atoms with Crippen molar-refractivity contribution < 1.29 is 24.9 Å². The highest BCUT2D eigenvalue weighted by atomic mass is 16.5. The van der Waals surface area contributed by atoms with E-state index < -0.39 is 30.3 Å². The predicted octanol–water partition coefficient (Wildman–Crippen LogP) is -2.79. The van der Waals surface area contributed by atoms with E-state index in [1.807, 2.05) is 0 Å². The average Bonchev–Trinajstić information content (AvgIpc) is 2.13. The normalized spacial score (nSPS) is 40.0. The summed E-state index contributed by atoms with van der Waals surface area (Å²) < 4.78 is 4.39. The average molecular weight is 191 g/mol. The second kappa shape index (κ2) is 4.01. The molecule has 1 saturated heterocycles. The summed E-state index contributed by atoms with van der Waals surface area (Å²) in [6.07, 6.45) is -3.71. The molecule has 0 aromatic heterocycles. The van der Waals surface area contributed by atoms with Gasteiger partial charge in [-0.15, -0.1) is 0 Å². The molecular weight excluding hydrogens is 178 g/mol. The van der Waals surface area contributed by atoms with E-state index in [1.54, 1.807) is 0 Å². The SMILES string of the molecule is COC(=O)C1NCC(O)C(O)[C@@H]1O. The third-order valence-corrected chi connectivity index (χ3v) is 2.09. The van der Waals surface area contributed by atoms with Gasteiger partial charge in [0.2, 0.25) is 0 Å². The first-order valence-corrected chi connectivity index (χ1v) is 3.93. The highest BCUT2D eigenvalue weighted by Gasteiger charge is 2.40. The predicted molar refractivity (Wildman–Crippen MR) is 41.8 cm³/mol. The molecule has 3 unspecified atom stereocenters. The van der Waals surface area contributed by atoms with Crippen molar-refractivity contribution in [3.63, 3.8) is 0 Å². The Balaban J connectivity index is 2.63. The van der Waals surface area contributed by atoms with Crippen LogP contribution in [0.25, 0.3) is 0 Å². The number of hydrogen-bond acceptors (Lipinski definition) is 6. The fourth-order valence-electron chi connectivity index (χ4n) is 1.26. The first kappa shape index (κ1) is 10.4. The fourth-order valence-corrected chi connectivity index (χ4v) is 1.26. The van der Waals surface area contributed by atoms with Crippen molar-refractivity contribution in [3.8, 4) is 0 Å². The molecule has 0 saturated carbocycles. The van der Waals surface area contributed by atoms with Gasteiger partial charge in [0.25, 0.3) is 0 Å².